The van der Waals surface area contributed by atoms with Crippen LogP contribution in [0.2, 0.25) is 0 Å². The van der Waals surface area contributed by atoms with E-state index in [0.717, 1.165) is 36.8 Å². The summed E-state index contributed by atoms with van der Waals surface area (Å²) < 4.78 is 11.2. The molecular weight excluding hydrogens is 364 g/mol. The van der Waals surface area contributed by atoms with Gasteiger partial charge in [0.25, 0.3) is 0 Å². The molecule has 0 aromatic heterocycles. The summed E-state index contributed by atoms with van der Waals surface area (Å²) in [4.78, 5) is 0. The van der Waals surface area contributed by atoms with Crippen molar-refractivity contribution in [1.29, 1.82) is 21.2 Å². The number of benzene rings is 1. The van der Waals surface area contributed by atoms with E-state index in [1.807, 2.05) is 25.1 Å². The first-order valence-corrected chi connectivity index (χ1v) is 9.89. The first-order chi connectivity index (χ1) is 14.1. The Bertz CT molecular complexity index is 947. The number of rotatable bonds is 5. The van der Waals surface area contributed by atoms with Gasteiger partial charge < -0.3 is 14.9 Å². The molecule has 1 saturated carbocycles. The van der Waals surface area contributed by atoms with E-state index in [9.17, 15) is 15.8 Å². The van der Waals surface area contributed by atoms with Gasteiger partial charge >= 0.3 is 0 Å². The lowest BCUT2D eigenvalue weighted by atomic mass is 9.53. The van der Waals surface area contributed by atoms with Crippen molar-refractivity contribution in [3.63, 3.8) is 0 Å². The lowest BCUT2D eigenvalue weighted by molar-refractivity contribution is 0.291. The van der Waals surface area contributed by atoms with E-state index in [0.29, 0.717) is 18.1 Å². The van der Waals surface area contributed by atoms with Crippen LogP contribution in [-0.2, 0) is 0 Å². The Morgan fingerprint density at radius 1 is 1.21 bits per heavy atom. The van der Waals surface area contributed by atoms with Gasteiger partial charge in [0.05, 0.1) is 37.6 Å². The molecule has 1 fully saturated rings. The lowest BCUT2D eigenvalue weighted by Crippen LogP contribution is -2.48. The molecule has 2 aliphatic rings. The minimum Gasteiger partial charge on any atom is -0.493 e. The highest BCUT2D eigenvalue weighted by molar-refractivity contribution is 6.00. The number of ether oxygens (including phenoxy) is 2. The molecule has 1 aromatic carbocycles. The zero-order valence-corrected chi connectivity index (χ0v) is 16.7. The quantitative estimate of drug-likeness (QED) is 0.746. The highest BCUT2D eigenvalue weighted by Gasteiger charge is 2.57. The zero-order chi connectivity index (χ0) is 21.0. The van der Waals surface area contributed by atoms with Gasteiger partial charge in [0, 0.05) is 5.92 Å². The largest absolute Gasteiger partial charge is 0.493 e. The molecule has 148 valence electrons. The number of methoxy groups -OCH3 is 1. The van der Waals surface area contributed by atoms with Gasteiger partial charge in [0.2, 0.25) is 0 Å². The Morgan fingerprint density at radius 2 is 1.97 bits per heavy atom. The molecule has 2 aliphatic carbocycles. The van der Waals surface area contributed by atoms with Gasteiger partial charge in [-0.25, -0.2) is 0 Å². The van der Waals surface area contributed by atoms with Crippen molar-refractivity contribution < 1.29 is 9.47 Å². The van der Waals surface area contributed by atoms with Crippen LogP contribution in [0.25, 0.3) is 0 Å². The van der Waals surface area contributed by atoms with Crippen LogP contribution in [0.4, 0.5) is 0 Å². The lowest BCUT2D eigenvalue weighted by Gasteiger charge is -2.45. The first-order valence-electron chi connectivity index (χ1n) is 9.89. The van der Waals surface area contributed by atoms with E-state index in [2.05, 4.69) is 18.2 Å². The second kappa shape index (κ2) is 8.38. The third-order valence-corrected chi connectivity index (χ3v) is 5.93. The van der Waals surface area contributed by atoms with Crippen molar-refractivity contribution in [2.45, 2.75) is 38.5 Å². The zero-order valence-electron chi connectivity index (χ0n) is 16.7. The second-order valence-corrected chi connectivity index (χ2v) is 7.49. The first kappa shape index (κ1) is 20.4. The fourth-order valence-electron chi connectivity index (χ4n) is 4.59. The summed E-state index contributed by atoms with van der Waals surface area (Å²) in [7, 11) is 1.56. The van der Waals surface area contributed by atoms with E-state index >= 15 is 0 Å². The smallest absolute Gasteiger partial charge is 0.189 e. The molecule has 3 atom stereocenters. The number of nitrogens with zero attached hydrogens (tertiary/aromatic N) is 3. The average molecular weight is 388 g/mol. The van der Waals surface area contributed by atoms with Gasteiger partial charge in [-0.2, -0.15) is 15.8 Å². The van der Waals surface area contributed by atoms with Crippen molar-refractivity contribution in [1.82, 2.24) is 0 Å². The van der Waals surface area contributed by atoms with Gasteiger partial charge in [0.1, 0.15) is 5.92 Å². The van der Waals surface area contributed by atoms with Crippen LogP contribution >= 0.6 is 0 Å². The molecule has 3 rings (SSSR count). The fourth-order valence-corrected chi connectivity index (χ4v) is 4.59. The Kier molecular flexibility index (Phi) is 5.90. The number of fused-ring (bicyclic) bond motifs is 1. The van der Waals surface area contributed by atoms with Crippen LogP contribution in [0.15, 0.2) is 29.8 Å². The van der Waals surface area contributed by atoms with E-state index in [1.54, 1.807) is 13.2 Å². The van der Waals surface area contributed by atoms with Crippen molar-refractivity contribution in [3.8, 4) is 29.7 Å². The van der Waals surface area contributed by atoms with Gasteiger partial charge in [0.15, 0.2) is 16.9 Å². The Balaban J connectivity index is 2.17. The summed E-state index contributed by atoms with van der Waals surface area (Å²) in [5.74, 6) is -0.331. The maximum absolute atomic E-state index is 10.0. The van der Waals surface area contributed by atoms with E-state index in [4.69, 9.17) is 14.9 Å². The number of hydrogen-bond acceptors (Lipinski definition) is 6. The van der Waals surface area contributed by atoms with Crippen molar-refractivity contribution >= 4 is 5.71 Å². The summed E-state index contributed by atoms with van der Waals surface area (Å²) >= 11 is 0. The molecule has 0 aliphatic heterocycles. The normalized spacial score (nSPS) is 24.9. The maximum atomic E-state index is 10.0. The Labute approximate surface area is 171 Å². The van der Waals surface area contributed by atoms with E-state index in [1.165, 1.54) is 0 Å². The van der Waals surface area contributed by atoms with Gasteiger partial charge in [-0.05, 0) is 54.9 Å². The molecule has 0 bridgehead atoms. The number of allylic oxidation sites excluding steroid dienone is 2. The highest BCUT2D eigenvalue weighted by Crippen LogP contribution is 2.55. The Morgan fingerprint density at radius 3 is 2.59 bits per heavy atom. The van der Waals surface area contributed by atoms with Crippen LogP contribution < -0.4 is 9.47 Å². The van der Waals surface area contributed by atoms with Crippen LogP contribution in [0.5, 0.6) is 11.5 Å². The predicted molar refractivity (Wildman–Crippen MR) is 107 cm³/mol. The number of hydrogen-bond donors (Lipinski definition) is 1. The van der Waals surface area contributed by atoms with Crippen molar-refractivity contribution in [3.05, 3.63) is 35.4 Å². The monoisotopic (exact) mass is 388 g/mol. The van der Waals surface area contributed by atoms with Gasteiger partial charge in [-0.15, -0.1) is 0 Å². The van der Waals surface area contributed by atoms with E-state index in [-0.39, 0.29) is 11.6 Å². The SMILES string of the molecule is CCCOc1ccc([C@@H]2[C@H]3CCCC=C3[C@H](C#N)C(=N)C2(C#N)C#N)cc1OC. The Hall–Kier alpha value is -3.30. The molecule has 0 unspecified atom stereocenters. The highest BCUT2D eigenvalue weighted by atomic mass is 16.5. The minimum atomic E-state index is -1.68. The van der Waals surface area contributed by atoms with Crippen LogP contribution in [0.3, 0.4) is 0 Å². The maximum Gasteiger partial charge on any atom is 0.189 e. The predicted octanol–water partition coefficient (Wildman–Crippen LogP) is 4.50. The van der Waals surface area contributed by atoms with Crippen molar-refractivity contribution in [2.24, 2.45) is 17.3 Å². The molecule has 0 radical (unpaired) electrons. The fraction of sp³-hybridized carbons (Fsp3) is 0.478. The molecule has 0 saturated heterocycles. The summed E-state index contributed by atoms with van der Waals surface area (Å²) in [6.45, 7) is 2.58. The second-order valence-electron chi connectivity index (χ2n) is 7.49. The summed E-state index contributed by atoms with van der Waals surface area (Å²) in [6.07, 6.45) is 5.45. The minimum absolute atomic E-state index is 0.121. The third-order valence-electron chi connectivity index (χ3n) is 5.93. The van der Waals surface area contributed by atoms with E-state index < -0.39 is 17.3 Å². The molecular formula is C23H24N4O2. The van der Waals surface area contributed by atoms with Gasteiger partial charge in [-0.1, -0.05) is 19.1 Å². The topological polar surface area (TPSA) is 114 Å². The third kappa shape index (κ3) is 3.24. The summed E-state index contributed by atoms with van der Waals surface area (Å²) in [5, 5.41) is 38.4. The average Bonchev–Trinajstić information content (AvgIpc) is 2.77. The standard InChI is InChI=1S/C23H24N4O2/c1-3-10-29-19-9-8-15(11-20(19)28-2)21-17-7-5-4-6-16(17)18(12-24)22(27)23(21,13-25)14-26/h6,8-9,11,17-18,21,27H,3-5,7,10H2,1-2H3/t17-,18-,21+/m0/s1. The molecule has 0 heterocycles. The number of nitrogens with one attached hydrogen (secondary N) is 1. The molecule has 29 heavy (non-hydrogen) atoms. The number of nitriles is 3. The molecule has 6 nitrogen and oxygen atoms in total. The molecule has 1 aromatic rings. The molecule has 0 amide bonds. The van der Waals surface area contributed by atoms with Crippen LogP contribution in [-0.4, -0.2) is 19.4 Å². The van der Waals surface area contributed by atoms with Crippen LogP contribution in [0, 0.1) is 56.7 Å². The summed E-state index contributed by atoms with van der Waals surface area (Å²) in [5.41, 5.74) is -0.172. The van der Waals surface area contributed by atoms with Crippen molar-refractivity contribution in [2.75, 3.05) is 13.7 Å². The van der Waals surface area contributed by atoms with Crippen LogP contribution in [0.1, 0.15) is 44.1 Å². The van der Waals surface area contributed by atoms with Gasteiger partial charge in [-0.3, -0.25) is 0 Å². The summed E-state index contributed by atoms with van der Waals surface area (Å²) in [6, 6.07) is 11.9. The molecule has 0 spiro atoms. The molecule has 1 N–H and O–H groups in total. The molecule has 6 heteroatoms.